The zero-order chi connectivity index (χ0) is 15.0. The van der Waals surface area contributed by atoms with Crippen molar-refractivity contribution in [3.63, 3.8) is 0 Å². The molecule has 0 aliphatic rings. The van der Waals surface area contributed by atoms with Gasteiger partial charge in [-0.2, -0.15) is 4.72 Å². The van der Waals surface area contributed by atoms with Crippen LogP contribution in [0.3, 0.4) is 0 Å². The molecule has 2 heterocycles. The van der Waals surface area contributed by atoms with Crippen molar-refractivity contribution in [2.24, 2.45) is 5.73 Å². The molecule has 20 heavy (non-hydrogen) atoms. The van der Waals surface area contributed by atoms with Crippen molar-refractivity contribution in [2.75, 3.05) is 0 Å². The molecule has 0 fully saturated rings. The summed E-state index contributed by atoms with van der Waals surface area (Å²) in [5, 5.41) is 2.56. The average molecular weight is 331 g/mol. The Morgan fingerprint density at radius 2 is 2.15 bits per heavy atom. The zero-order valence-corrected chi connectivity index (χ0v) is 14.0. The molecule has 0 radical (unpaired) electrons. The Balaban J connectivity index is 2.31. The first-order valence-corrected chi connectivity index (χ1v) is 9.17. The number of hydrogen-bond acceptors (Lipinski definition) is 6. The Morgan fingerprint density at radius 3 is 2.65 bits per heavy atom. The summed E-state index contributed by atoms with van der Waals surface area (Å²) in [5.41, 5.74) is 5.76. The lowest BCUT2D eigenvalue weighted by atomic mass is 10.1. The highest BCUT2D eigenvalue weighted by Gasteiger charge is 2.31. The van der Waals surface area contributed by atoms with E-state index < -0.39 is 15.6 Å². The van der Waals surface area contributed by atoms with E-state index in [0.29, 0.717) is 10.8 Å². The summed E-state index contributed by atoms with van der Waals surface area (Å²) in [5.74, 6) is 0. The van der Waals surface area contributed by atoms with Gasteiger partial charge in [0.05, 0.1) is 5.54 Å². The molecule has 3 N–H and O–H groups in total. The number of rotatable bonds is 5. The van der Waals surface area contributed by atoms with Crippen LogP contribution in [0.2, 0.25) is 0 Å². The molecule has 0 saturated carbocycles. The molecule has 0 aliphatic heterocycles. The fourth-order valence-electron chi connectivity index (χ4n) is 1.79. The minimum Gasteiger partial charge on any atom is -0.326 e. The second-order valence-corrected chi connectivity index (χ2v) is 8.88. The summed E-state index contributed by atoms with van der Waals surface area (Å²) in [6.07, 6.45) is 1.66. The number of sulfonamides is 1. The van der Waals surface area contributed by atoms with Crippen molar-refractivity contribution in [1.29, 1.82) is 0 Å². The third kappa shape index (κ3) is 3.09. The largest absolute Gasteiger partial charge is 0.326 e. The maximum atomic E-state index is 12.5. The molecule has 2 aromatic rings. The lowest BCUT2D eigenvalue weighted by molar-refractivity contribution is 0.471. The number of nitrogens with two attached hydrogens (primary N) is 1. The van der Waals surface area contributed by atoms with Crippen molar-refractivity contribution in [1.82, 2.24) is 9.71 Å². The molecular formula is C12H17N3O2S3. The number of aromatic nitrogens is 1. The zero-order valence-electron chi connectivity index (χ0n) is 11.5. The molecule has 0 amide bonds. The van der Waals surface area contributed by atoms with E-state index in [4.69, 9.17) is 5.73 Å². The Labute approximate surface area is 126 Å². The normalized spacial score (nSPS) is 12.8. The van der Waals surface area contributed by atoms with E-state index in [2.05, 4.69) is 9.71 Å². The molecule has 0 bridgehead atoms. The van der Waals surface area contributed by atoms with Crippen LogP contribution < -0.4 is 10.5 Å². The van der Waals surface area contributed by atoms with Crippen molar-refractivity contribution < 1.29 is 8.42 Å². The predicted octanol–water partition coefficient (Wildman–Crippen LogP) is 2.19. The maximum absolute atomic E-state index is 12.5. The van der Waals surface area contributed by atoms with Gasteiger partial charge in [0.15, 0.2) is 0 Å². The van der Waals surface area contributed by atoms with E-state index in [1.165, 1.54) is 22.7 Å². The van der Waals surface area contributed by atoms with E-state index in [0.717, 1.165) is 15.4 Å². The van der Waals surface area contributed by atoms with Crippen LogP contribution in [0.4, 0.5) is 0 Å². The van der Waals surface area contributed by atoms with Gasteiger partial charge in [0.2, 0.25) is 0 Å². The summed E-state index contributed by atoms with van der Waals surface area (Å²) in [6, 6.07) is 1.66. The van der Waals surface area contributed by atoms with Crippen molar-refractivity contribution in [3.05, 3.63) is 33.1 Å². The molecule has 0 spiro atoms. The van der Waals surface area contributed by atoms with E-state index in [9.17, 15) is 8.42 Å². The molecule has 0 aliphatic carbocycles. The van der Waals surface area contributed by atoms with Crippen LogP contribution in [0.25, 0.3) is 0 Å². The molecular weight excluding hydrogens is 314 g/mol. The Hall–Kier alpha value is -0.800. The third-order valence-corrected chi connectivity index (χ3v) is 7.29. The van der Waals surface area contributed by atoms with Gasteiger partial charge < -0.3 is 5.73 Å². The summed E-state index contributed by atoms with van der Waals surface area (Å²) in [7, 11) is -3.58. The van der Waals surface area contributed by atoms with Gasteiger partial charge in [-0.05, 0) is 32.4 Å². The third-order valence-electron chi connectivity index (χ3n) is 2.80. The lowest BCUT2D eigenvalue weighted by Crippen LogP contribution is -2.40. The first kappa shape index (κ1) is 15.6. The fourth-order valence-corrected chi connectivity index (χ4v) is 5.42. The van der Waals surface area contributed by atoms with Gasteiger partial charge in [-0.3, -0.25) is 0 Å². The number of aryl methyl sites for hydroxylation is 1. The number of thiophene rings is 1. The van der Waals surface area contributed by atoms with Crippen LogP contribution in [0.1, 0.15) is 29.3 Å². The minimum atomic E-state index is -3.58. The second kappa shape index (κ2) is 5.53. The molecule has 110 valence electrons. The molecule has 0 atom stereocenters. The summed E-state index contributed by atoms with van der Waals surface area (Å²) in [6.45, 7) is 5.81. The topological polar surface area (TPSA) is 85.1 Å². The first-order chi connectivity index (χ1) is 9.26. The van der Waals surface area contributed by atoms with E-state index in [-0.39, 0.29) is 0 Å². The quantitative estimate of drug-likeness (QED) is 0.879. The smallest absolute Gasteiger partial charge is 0.250 e. The van der Waals surface area contributed by atoms with Gasteiger partial charge >= 0.3 is 0 Å². The van der Waals surface area contributed by atoms with Gasteiger partial charge in [0.25, 0.3) is 10.0 Å². The van der Waals surface area contributed by atoms with Crippen LogP contribution in [-0.4, -0.2) is 13.4 Å². The lowest BCUT2D eigenvalue weighted by Gasteiger charge is -2.22. The van der Waals surface area contributed by atoms with Gasteiger partial charge in [-0.1, -0.05) is 0 Å². The van der Waals surface area contributed by atoms with Crippen LogP contribution in [0.5, 0.6) is 0 Å². The second-order valence-electron chi connectivity index (χ2n) is 4.94. The molecule has 2 aromatic heterocycles. The van der Waals surface area contributed by atoms with E-state index >= 15 is 0 Å². The maximum Gasteiger partial charge on any atom is 0.250 e. The Kier molecular flexibility index (Phi) is 4.31. The number of thiazole rings is 1. The molecule has 0 unspecified atom stereocenters. The van der Waals surface area contributed by atoms with Crippen molar-refractivity contribution >= 4 is 32.7 Å². The van der Waals surface area contributed by atoms with Gasteiger partial charge in [0.1, 0.15) is 9.22 Å². The van der Waals surface area contributed by atoms with Crippen LogP contribution in [0, 0.1) is 6.92 Å². The summed E-state index contributed by atoms with van der Waals surface area (Å²) in [4.78, 5) is 5.07. The monoisotopic (exact) mass is 331 g/mol. The average Bonchev–Trinajstić information content (AvgIpc) is 2.96. The highest BCUT2D eigenvalue weighted by Crippen LogP contribution is 2.29. The fraction of sp³-hybridized carbons (Fsp3) is 0.417. The van der Waals surface area contributed by atoms with Crippen LogP contribution in [0.15, 0.2) is 21.9 Å². The van der Waals surface area contributed by atoms with Crippen molar-refractivity contribution in [2.45, 2.75) is 37.1 Å². The standard InChI is InChI=1S/C12H17N3O2S3/c1-8-6-10(19-9(8)7-13)20(16,17)15-12(2,3)11-14-4-5-18-11/h4-6,15H,7,13H2,1-3H3. The Morgan fingerprint density at radius 1 is 1.45 bits per heavy atom. The van der Waals surface area contributed by atoms with E-state index in [1.807, 2.05) is 12.3 Å². The highest BCUT2D eigenvalue weighted by molar-refractivity contribution is 7.91. The van der Waals surface area contributed by atoms with Gasteiger partial charge in [-0.25, -0.2) is 13.4 Å². The Bertz CT molecular complexity index is 688. The molecule has 2 rings (SSSR count). The SMILES string of the molecule is Cc1cc(S(=O)(=O)NC(C)(C)c2nccs2)sc1CN. The van der Waals surface area contributed by atoms with E-state index in [1.54, 1.807) is 26.1 Å². The van der Waals surface area contributed by atoms with Crippen LogP contribution >= 0.6 is 22.7 Å². The van der Waals surface area contributed by atoms with Gasteiger partial charge in [0, 0.05) is 23.0 Å². The molecule has 0 saturated heterocycles. The molecule has 5 nitrogen and oxygen atoms in total. The van der Waals surface area contributed by atoms with Crippen molar-refractivity contribution in [3.8, 4) is 0 Å². The molecule has 8 heteroatoms. The number of hydrogen-bond donors (Lipinski definition) is 2. The van der Waals surface area contributed by atoms with Crippen LogP contribution in [-0.2, 0) is 22.1 Å². The highest BCUT2D eigenvalue weighted by atomic mass is 32.2. The summed E-state index contributed by atoms with van der Waals surface area (Å²) < 4.78 is 27.9. The minimum absolute atomic E-state index is 0.292. The summed E-state index contributed by atoms with van der Waals surface area (Å²) >= 11 is 2.64. The molecule has 0 aromatic carbocycles. The predicted molar refractivity (Wildman–Crippen MR) is 82.4 cm³/mol. The first-order valence-electron chi connectivity index (χ1n) is 5.99. The van der Waals surface area contributed by atoms with Gasteiger partial charge in [-0.15, -0.1) is 22.7 Å². The number of nitrogens with one attached hydrogen (secondary N) is 1. The number of nitrogens with zero attached hydrogens (tertiary/aromatic N) is 1.